The van der Waals surface area contributed by atoms with Crippen molar-refractivity contribution in [3.63, 3.8) is 0 Å². The highest BCUT2D eigenvalue weighted by Gasteiger charge is 2.44. The van der Waals surface area contributed by atoms with Gasteiger partial charge in [0.2, 0.25) is 5.91 Å². The van der Waals surface area contributed by atoms with E-state index in [9.17, 15) is 40.5 Å². The normalized spacial score (nSPS) is 21.2. The summed E-state index contributed by atoms with van der Waals surface area (Å²) in [6.45, 7) is 3.47. The molecule has 1 fully saturated rings. The molecule has 1 aliphatic rings. The van der Waals surface area contributed by atoms with Gasteiger partial charge in [-0.15, -0.1) is 0 Å². The van der Waals surface area contributed by atoms with E-state index in [-0.39, 0.29) is 6.42 Å². The average molecular weight is 888 g/mol. The summed E-state index contributed by atoms with van der Waals surface area (Å²) in [5.41, 5.74) is 0. The van der Waals surface area contributed by atoms with Gasteiger partial charge in [-0.05, 0) is 12.8 Å². The fraction of sp³-hybridized carbons (Fsp3) is 0.980. The van der Waals surface area contributed by atoms with Crippen LogP contribution in [0.1, 0.15) is 251 Å². The van der Waals surface area contributed by atoms with E-state index in [2.05, 4.69) is 19.2 Å². The first-order chi connectivity index (χ1) is 30.2. The second-order valence-electron chi connectivity index (χ2n) is 19.0. The molecule has 370 valence electrons. The topological polar surface area (TPSA) is 189 Å². The predicted molar refractivity (Wildman–Crippen MR) is 252 cm³/mol. The zero-order chi connectivity index (χ0) is 45.5. The Morgan fingerprint density at radius 1 is 0.500 bits per heavy atom. The Morgan fingerprint density at radius 2 is 0.839 bits per heavy atom. The zero-order valence-corrected chi connectivity index (χ0v) is 40.1. The second kappa shape index (κ2) is 41.5. The predicted octanol–water partition coefficient (Wildman–Crippen LogP) is 9.84. The molecule has 0 aromatic carbocycles. The lowest BCUT2D eigenvalue weighted by atomic mass is 9.98. The number of amides is 1. The summed E-state index contributed by atoms with van der Waals surface area (Å²) >= 11 is 0. The van der Waals surface area contributed by atoms with Gasteiger partial charge in [0.1, 0.15) is 36.6 Å². The number of carbonyl (C=O) groups is 1. The van der Waals surface area contributed by atoms with Gasteiger partial charge in [0.05, 0.1) is 25.4 Å². The molecule has 0 aliphatic carbocycles. The highest BCUT2D eigenvalue weighted by Crippen LogP contribution is 2.23. The van der Waals surface area contributed by atoms with E-state index in [1.165, 1.54) is 173 Å². The lowest BCUT2D eigenvalue weighted by Crippen LogP contribution is -2.60. The third-order valence-corrected chi connectivity index (χ3v) is 13.2. The van der Waals surface area contributed by atoms with Crippen molar-refractivity contribution in [1.29, 1.82) is 0 Å². The minimum absolute atomic E-state index is 0.267. The zero-order valence-electron chi connectivity index (χ0n) is 40.1. The number of carbonyl (C=O) groups excluding carboxylic acids is 1. The lowest BCUT2D eigenvalue weighted by molar-refractivity contribution is -0.303. The SMILES string of the molecule is CCCCCCCCCCCCCCCCCCCCCCCC[C@@H](O)C(=O)N[C@@H](CO[C@@H]1O[C@H](CO)[C@H](O)[C@H](O)[C@H]1O)[C@H](O)[C@H](O)CCCCCCCCCCCCCCC. The fourth-order valence-corrected chi connectivity index (χ4v) is 8.80. The van der Waals surface area contributed by atoms with Crippen molar-refractivity contribution in [1.82, 2.24) is 5.32 Å². The standard InChI is InChI=1S/C51H101NO10/c1-3-5-7-9-11-13-15-17-18-19-20-21-22-23-24-25-27-29-31-33-35-37-39-44(55)50(60)52-42(41-61-51-49(59)48(58)47(57)45(40-53)62-51)46(56)43(54)38-36-34-32-30-28-26-16-14-12-10-8-6-4-2/h42-49,51,53-59H,3-41H2,1-2H3,(H,52,60)/t42-,43+,44+,45+,46-,47-,48-,49+,51+/m0/s1. The van der Waals surface area contributed by atoms with Crippen LogP contribution in [0.4, 0.5) is 0 Å². The third-order valence-electron chi connectivity index (χ3n) is 13.2. The first-order valence-corrected chi connectivity index (χ1v) is 26.4. The second-order valence-corrected chi connectivity index (χ2v) is 19.0. The number of hydrogen-bond donors (Lipinski definition) is 8. The van der Waals surface area contributed by atoms with E-state index >= 15 is 0 Å². The van der Waals surface area contributed by atoms with E-state index in [1.807, 2.05) is 0 Å². The van der Waals surface area contributed by atoms with Gasteiger partial charge < -0.3 is 50.5 Å². The molecule has 0 bridgehead atoms. The van der Waals surface area contributed by atoms with Gasteiger partial charge in [-0.1, -0.05) is 239 Å². The van der Waals surface area contributed by atoms with Crippen molar-refractivity contribution >= 4 is 5.91 Å². The summed E-state index contributed by atoms with van der Waals surface area (Å²) in [4.78, 5) is 13.1. The molecule has 0 unspecified atom stereocenters. The van der Waals surface area contributed by atoms with Crippen LogP contribution in [-0.2, 0) is 14.3 Å². The Morgan fingerprint density at radius 3 is 1.19 bits per heavy atom. The van der Waals surface area contributed by atoms with E-state index in [0.29, 0.717) is 19.3 Å². The van der Waals surface area contributed by atoms with Crippen LogP contribution in [-0.4, -0.2) is 110 Å². The maximum absolute atomic E-state index is 13.1. The molecule has 62 heavy (non-hydrogen) atoms. The first-order valence-electron chi connectivity index (χ1n) is 26.4. The Bertz CT molecular complexity index is 975. The fourth-order valence-electron chi connectivity index (χ4n) is 8.80. The van der Waals surface area contributed by atoms with E-state index in [4.69, 9.17) is 9.47 Å². The number of ether oxygens (including phenoxy) is 2. The van der Waals surface area contributed by atoms with Gasteiger partial charge in [0, 0.05) is 0 Å². The van der Waals surface area contributed by atoms with Gasteiger partial charge in [-0.2, -0.15) is 0 Å². The number of rotatable bonds is 45. The van der Waals surface area contributed by atoms with Gasteiger partial charge in [0.15, 0.2) is 6.29 Å². The van der Waals surface area contributed by atoms with Crippen molar-refractivity contribution in [2.75, 3.05) is 13.2 Å². The van der Waals surface area contributed by atoms with E-state index in [1.54, 1.807) is 0 Å². The molecule has 1 aliphatic heterocycles. The monoisotopic (exact) mass is 888 g/mol. The Kier molecular flexibility index (Phi) is 39.6. The van der Waals surface area contributed by atoms with Crippen LogP contribution >= 0.6 is 0 Å². The molecule has 1 amide bonds. The van der Waals surface area contributed by atoms with Crippen molar-refractivity contribution in [3.05, 3.63) is 0 Å². The van der Waals surface area contributed by atoms with E-state index < -0.39 is 74.2 Å². The molecule has 0 aromatic rings. The van der Waals surface area contributed by atoms with Crippen molar-refractivity contribution < 1.29 is 50.0 Å². The van der Waals surface area contributed by atoms with Crippen molar-refractivity contribution in [2.24, 2.45) is 0 Å². The van der Waals surface area contributed by atoms with Gasteiger partial charge in [-0.3, -0.25) is 4.79 Å². The largest absolute Gasteiger partial charge is 0.394 e. The Hall–Kier alpha value is -0.890. The quantitative estimate of drug-likeness (QED) is 0.0273. The van der Waals surface area contributed by atoms with Crippen LogP contribution in [0.5, 0.6) is 0 Å². The van der Waals surface area contributed by atoms with Gasteiger partial charge in [-0.25, -0.2) is 0 Å². The highest BCUT2D eigenvalue weighted by atomic mass is 16.7. The number of hydrogen-bond acceptors (Lipinski definition) is 10. The van der Waals surface area contributed by atoms with Crippen molar-refractivity contribution in [3.8, 4) is 0 Å². The van der Waals surface area contributed by atoms with Crippen LogP contribution in [0.15, 0.2) is 0 Å². The minimum atomic E-state index is -1.66. The molecule has 1 heterocycles. The molecule has 8 N–H and O–H groups in total. The summed E-state index contributed by atoms with van der Waals surface area (Å²) in [7, 11) is 0. The molecule has 11 heteroatoms. The smallest absolute Gasteiger partial charge is 0.249 e. The molecule has 0 spiro atoms. The van der Waals surface area contributed by atoms with Crippen LogP contribution in [0, 0.1) is 0 Å². The first kappa shape index (κ1) is 59.1. The summed E-state index contributed by atoms with van der Waals surface area (Å²) in [6.07, 6.45) is 32.9. The molecule has 1 rings (SSSR count). The van der Waals surface area contributed by atoms with Crippen LogP contribution < -0.4 is 5.32 Å². The van der Waals surface area contributed by atoms with Crippen molar-refractivity contribution in [2.45, 2.75) is 306 Å². The van der Waals surface area contributed by atoms with E-state index in [0.717, 1.165) is 38.5 Å². The molecular weight excluding hydrogens is 787 g/mol. The number of aliphatic hydroxyl groups excluding tert-OH is 7. The maximum Gasteiger partial charge on any atom is 0.249 e. The molecule has 11 nitrogen and oxygen atoms in total. The summed E-state index contributed by atoms with van der Waals surface area (Å²) in [5.74, 6) is -0.692. The van der Waals surface area contributed by atoms with Gasteiger partial charge in [0.25, 0.3) is 0 Å². The summed E-state index contributed by atoms with van der Waals surface area (Å²) < 4.78 is 11.1. The Balaban J connectivity index is 2.32. The molecule has 0 saturated carbocycles. The minimum Gasteiger partial charge on any atom is -0.394 e. The van der Waals surface area contributed by atoms with Crippen LogP contribution in [0.3, 0.4) is 0 Å². The van der Waals surface area contributed by atoms with Crippen LogP contribution in [0.25, 0.3) is 0 Å². The number of unbranched alkanes of at least 4 members (excludes halogenated alkanes) is 33. The highest BCUT2D eigenvalue weighted by molar-refractivity contribution is 5.80. The molecule has 0 radical (unpaired) electrons. The molecule has 0 aromatic heterocycles. The summed E-state index contributed by atoms with van der Waals surface area (Å²) in [5, 5.41) is 75.9. The number of nitrogens with one attached hydrogen (secondary N) is 1. The average Bonchev–Trinajstić information content (AvgIpc) is 3.27. The van der Waals surface area contributed by atoms with Gasteiger partial charge >= 0.3 is 0 Å². The summed E-state index contributed by atoms with van der Waals surface area (Å²) in [6, 6.07) is -1.16. The lowest BCUT2D eigenvalue weighted by Gasteiger charge is -2.40. The van der Waals surface area contributed by atoms with Crippen LogP contribution in [0.2, 0.25) is 0 Å². The third kappa shape index (κ3) is 30.3. The Labute approximate surface area is 379 Å². The maximum atomic E-state index is 13.1. The number of aliphatic hydroxyl groups is 7. The molecule has 1 saturated heterocycles. The molecular formula is C51H101NO10. The molecule has 9 atom stereocenters.